The minimum absolute atomic E-state index is 0. The third-order valence-electron chi connectivity index (χ3n) is 4.90. The molecule has 0 saturated carbocycles. The van der Waals surface area contributed by atoms with E-state index in [1.165, 1.54) is 41.6 Å². The molecule has 1 aliphatic carbocycles. The molecule has 0 atom stereocenters. The third kappa shape index (κ3) is 5.55. The summed E-state index contributed by atoms with van der Waals surface area (Å²) in [4.78, 5) is 0. The molecule has 2 aromatic carbocycles. The molecule has 0 saturated heterocycles. The van der Waals surface area contributed by atoms with Gasteiger partial charge in [0.25, 0.3) is 0 Å². The van der Waals surface area contributed by atoms with E-state index in [0.29, 0.717) is 0 Å². The van der Waals surface area contributed by atoms with Gasteiger partial charge in [-0.15, -0.1) is 0 Å². The molecule has 0 heterocycles. The normalized spacial score (nSPS) is 13.6. The van der Waals surface area contributed by atoms with Crippen LogP contribution in [-0.2, 0) is 20.4 Å². The molecule has 2 aromatic rings. The van der Waals surface area contributed by atoms with E-state index in [9.17, 15) is 0 Å². The summed E-state index contributed by atoms with van der Waals surface area (Å²) in [6, 6.07) is 11.0. The van der Waals surface area contributed by atoms with Gasteiger partial charge in [-0.1, -0.05) is 0 Å². The largest absolute Gasteiger partial charge is 1.00 e. The second-order valence-electron chi connectivity index (χ2n) is 9.69. The van der Waals surface area contributed by atoms with Crippen LogP contribution in [0.1, 0.15) is 46.6 Å². The Balaban J connectivity index is 0.00000225. The molecule has 0 aliphatic heterocycles. The summed E-state index contributed by atoms with van der Waals surface area (Å²) in [5.41, 5.74) is 3.89. The summed E-state index contributed by atoms with van der Waals surface area (Å²) in [5.74, 6) is 1.04. The standard InChI is InChI=1S/C24H32NOSi.2ClH.Ti/c1-9-16(2)22-21(26-27(6,7)8)15-19-18-13-11-10-12-17(18)14-20(19)23(22)25-24(3,4)5;;;/h10-13,15,25H,9H2,1-8H3;2*1H;/q;;;+2/p-2. The Hall–Kier alpha value is -0.709. The van der Waals surface area contributed by atoms with E-state index in [-0.39, 0.29) is 30.4 Å². The zero-order valence-corrected chi connectivity index (χ0v) is 23.3. The summed E-state index contributed by atoms with van der Waals surface area (Å²) in [5, 5.41) is 9.04. The number of fused-ring (bicyclic) bond motifs is 2. The Bertz CT molecular complexity index is 1150. The average Bonchev–Trinajstić information content (AvgIpc) is 2.85. The fraction of sp³-hybridized carbons (Fsp3) is 0.417. The van der Waals surface area contributed by atoms with Crippen molar-refractivity contribution in [1.29, 1.82) is 0 Å². The van der Waals surface area contributed by atoms with Gasteiger partial charge in [-0.2, -0.15) is 0 Å². The molecule has 30 heavy (non-hydrogen) atoms. The van der Waals surface area contributed by atoms with Crippen molar-refractivity contribution in [2.45, 2.75) is 66.2 Å². The monoisotopic (exact) mass is 496 g/mol. The van der Waals surface area contributed by atoms with Crippen LogP contribution >= 0.6 is 0 Å². The number of halogens is 2. The van der Waals surface area contributed by atoms with Crippen LogP contribution in [0.2, 0.25) is 19.6 Å². The smallest absolute Gasteiger partial charge is 1.00 e. The number of nitrogens with one attached hydrogen (secondary N) is 1. The molecule has 0 bridgehead atoms. The van der Waals surface area contributed by atoms with Crippen LogP contribution in [0, 0.1) is 10.4 Å². The van der Waals surface area contributed by atoms with Crippen molar-refractivity contribution < 1.29 is 49.7 Å². The molecule has 0 fully saturated rings. The van der Waals surface area contributed by atoms with Crippen LogP contribution in [0.25, 0.3) is 9.45 Å². The Kier molecular flexibility index (Phi) is 8.96. The maximum absolute atomic E-state index is 6.66. The molecular weight excluding hydrogens is 465 g/mol. The van der Waals surface area contributed by atoms with Crippen LogP contribution in [0.15, 0.2) is 30.3 Å². The quantitative estimate of drug-likeness (QED) is 0.548. The van der Waals surface area contributed by atoms with E-state index in [1.807, 2.05) is 0 Å². The van der Waals surface area contributed by atoms with Gasteiger partial charge in [0.1, 0.15) is 0 Å². The van der Waals surface area contributed by atoms with Gasteiger partial charge in [-0.25, -0.2) is 0 Å². The van der Waals surface area contributed by atoms with Crippen LogP contribution in [0.3, 0.4) is 0 Å². The summed E-state index contributed by atoms with van der Waals surface area (Å²) >= 11 is 2.25. The zero-order chi connectivity index (χ0) is 20.9. The second kappa shape index (κ2) is 9.83. The molecule has 6 heteroatoms. The molecule has 2 nitrogen and oxygen atoms in total. The maximum Gasteiger partial charge on any atom is -1.00 e. The maximum atomic E-state index is 6.66. The van der Waals surface area contributed by atoms with Gasteiger partial charge < -0.3 is 24.8 Å². The van der Waals surface area contributed by atoms with Gasteiger partial charge in [0.15, 0.2) is 0 Å². The van der Waals surface area contributed by atoms with Gasteiger partial charge in [0.2, 0.25) is 0 Å². The van der Waals surface area contributed by atoms with Crippen molar-refractivity contribution in [3.8, 4) is 5.75 Å². The molecule has 3 rings (SSSR count). The molecule has 0 amide bonds. The van der Waals surface area contributed by atoms with Crippen LogP contribution in [0.5, 0.6) is 5.75 Å². The van der Waals surface area contributed by atoms with Crippen molar-refractivity contribution in [3.63, 3.8) is 0 Å². The molecule has 0 radical (unpaired) electrons. The number of hydrogen-bond acceptors (Lipinski definition) is 2. The fourth-order valence-electron chi connectivity index (χ4n) is 3.71. The van der Waals surface area contributed by atoms with Crippen molar-refractivity contribution in [3.05, 3.63) is 56.8 Å². The van der Waals surface area contributed by atoms with Gasteiger partial charge in [0, 0.05) is 0 Å². The number of anilines is 1. The third-order valence-corrected chi connectivity index (χ3v) is 6.54. The minimum Gasteiger partial charge on any atom is -1.00 e. The SMILES string of the molecule is CCC(C)=c1c(O[Si](C)(C)C)cc2c(c1NC(C)(C)C)[C]([Ti+2])=c1ccccc1=2.[Cl-].[Cl-]. The fourth-order valence-corrected chi connectivity index (χ4v) is 5.28. The summed E-state index contributed by atoms with van der Waals surface area (Å²) in [7, 11) is -1.76. The van der Waals surface area contributed by atoms with E-state index in [4.69, 9.17) is 4.43 Å². The van der Waals surface area contributed by atoms with Crippen LogP contribution in [-0.4, -0.2) is 13.9 Å². The molecule has 1 N–H and O–H groups in total. The predicted octanol–water partition coefficient (Wildman–Crippen LogP) is -0.997. The summed E-state index contributed by atoms with van der Waals surface area (Å²) in [6.07, 6.45) is 1.01. The van der Waals surface area contributed by atoms with E-state index in [2.05, 4.69) is 110 Å². The Morgan fingerprint density at radius 1 is 1.03 bits per heavy atom. The first-order chi connectivity index (χ1) is 12.9. The first-order valence-corrected chi connectivity index (χ1v) is 14.3. The Morgan fingerprint density at radius 3 is 2.10 bits per heavy atom. The summed E-state index contributed by atoms with van der Waals surface area (Å²) < 4.78 is 8.00. The van der Waals surface area contributed by atoms with E-state index < -0.39 is 8.32 Å². The van der Waals surface area contributed by atoms with Crippen molar-refractivity contribution in [1.82, 2.24) is 0 Å². The summed E-state index contributed by atoms with van der Waals surface area (Å²) in [6.45, 7) is 17.9. The minimum atomic E-state index is -1.76. The van der Waals surface area contributed by atoms with Gasteiger partial charge >= 0.3 is 182 Å². The number of rotatable bonds is 4. The first-order valence-electron chi connectivity index (χ1n) is 10.1. The van der Waals surface area contributed by atoms with E-state index in [0.717, 1.165) is 12.2 Å². The predicted molar refractivity (Wildman–Crippen MR) is 119 cm³/mol. The average molecular weight is 497 g/mol. The number of hydrogen-bond donors (Lipinski definition) is 1. The van der Waals surface area contributed by atoms with Gasteiger partial charge in [0.05, 0.1) is 0 Å². The van der Waals surface area contributed by atoms with Crippen LogP contribution in [0.4, 0.5) is 5.69 Å². The number of benzene rings is 2. The Morgan fingerprint density at radius 2 is 1.60 bits per heavy atom. The van der Waals surface area contributed by atoms with Crippen LogP contribution < -0.4 is 45.0 Å². The molecule has 0 spiro atoms. The zero-order valence-electron chi connectivity index (χ0n) is 19.3. The molecule has 161 valence electrons. The first kappa shape index (κ1) is 27.3. The van der Waals surface area contributed by atoms with Crippen molar-refractivity contribution >= 4 is 23.5 Å². The molecule has 0 unspecified atom stereocenters. The topological polar surface area (TPSA) is 21.3 Å². The van der Waals surface area contributed by atoms with Gasteiger partial charge in [-0.05, 0) is 0 Å². The van der Waals surface area contributed by atoms with Crippen molar-refractivity contribution in [2.24, 2.45) is 0 Å². The van der Waals surface area contributed by atoms with E-state index in [1.54, 1.807) is 0 Å². The molecule has 0 aromatic heterocycles. The van der Waals surface area contributed by atoms with Crippen molar-refractivity contribution in [2.75, 3.05) is 5.32 Å². The van der Waals surface area contributed by atoms with Gasteiger partial charge in [-0.3, -0.25) is 0 Å². The Labute approximate surface area is 206 Å². The molecular formula is C24H32Cl2NOSiTi. The van der Waals surface area contributed by atoms with E-state index >= 15 is 0 Å². The second-order valence-corrected chi connectivity index (χ2v) is 14.9. The molecule has 1 aliphatic rings.